The van der Waals surface area contributed by atoms with Crippen molar-refractivity contribution >= 4 is 11.8 Å². The van der Waals surface area contributed by atoms with Crippen molar-refractivity contribution in [2.24, 2.45) is 5.73 Å². The summed E-state index contributed by atoms with van der Waals surface area (Å²) in [5.41, 5.74) is 7.11. The van der Waals surface area contributed by atoms with E-state index in [1.54, 1.807) is 27.2 Å². The highest BCUT2D eigenvalue weighted by atomic mass is 16.3. The fourth-order valence-corrected chi connectivity index (χ4v) is 3.62. The van der Waals surface area contributed by atoms with Crippen molar-refractivity contribution in [3.63, 3.8) is 0 Å². The minimum atomic E-state index is -0.938. The molecule has 1 aliphatic rings. The summed E-state index contributed by atoms with van der Waals surface area (Å²) >= 11 is 0. The van der Waals surface area contributed by atoms with Gasteiger partial charge >= 0.3 is 0 Å². The van der Waals surface area contributed by atoms with E-state index in [0.717, 1.165) is 11.1 Å². The van der Waals surface area contributed by atoms with E-state index in [9.17, 15) is 14.7 Å². The molecule has 0 radical (unpaired) electrons. The van der Waals surface area contributed by atoms with Crippen LogP contribution in [-0.2, 0) is 16.1 Å². The summed E-state index contributed by atoms with van der Waals surface area (Å²) < 4.78 is 5.27. The normalized spacial score (nSPS) is 20.0. The van der Waals surface area contributed by atoms with E-state index in [2.05, 4.69) is 20.9 Å². The molecule has 2 aromatic rings. The Labute approximate surface area is 181 Å². The van der Waals surface area contributed by atoms with Crippen LogP contribution >= 0.6 is 0 Å². The number of carbonyl (C=O) groups excluding carboxylic acids is 2. The van der Waals surface area contributed by atoms with Gasteiger partial charge in [0.2, 0.25) is 11.8 Å². The van der Waals surface area contributed by atoms with Crippen molar-refractivity contribution in [1.29, 1.82) is 0 Å². The number of rotatable bonds is 8. The van der Waals surface area contributed by atoms with E-state index in [4.69, 9.17) is 10.2 Å². The standard InChI is InChI=1S/C21H30N6O4/c1-21(23-2,24-3)18(22)20(30)27-11-15(28)8-16(27)19(29)26-9-13-4-6-14(7-5-13)17-10-25-12-31-17/h4-7,10,12,15-16,18,23-24,28H,8-9,11,22H2,1-3H3,(H,26,29)/t15-,16+,18-/m1/s1. The number of aliphatic hydroxyl groups is 1. The van der Waals surface area contributed by atoms with Gasteiger partial charge < -0.3 is 36.1 Å². The van der Waals surface area contributed by atoms with Gasteiger partial charge in [0.15, 0.2) is 12.2 Å². The third-order valence-corrected chi connectivity index (χ3v) is 5.93. The largest absolute Gasteiger partial charge is 0.444 e. The molecule has 0 aliphatic carbocycles. The Balaban J connectivity index is 1.63. The summed E-state index contributed by atoms with van der Waals surface area (Å²) in [5.74, 6) is -0.0671. The number of amides is 2. The first-order valence-corrected chi connectivity index (χ1v) is 10.2. The zero-order valence-corrected chi connectivity index (χ0v) is 18.0. The lowest BCUT2D eigenvalue weighted by molar-refractivity contribution is -0.141. The van der Waals surface area contributed by atoms with Gasteiger partial charge in [0.25, 0.3) is 0 Å². The van der Waals surface area contributed by atoms with Gasteiger partial charge in [0, 0.05) is 25.1 Å². The van der Waals surface area contributed by atoms with Crippen LogP contribution in [0, 0.1) is 0 Å². The highest BCUT2D eigenvalue weighted by Crippen LogP contribution is 2.22. The van der Waals surface area contributed by atoms with E-state index in [1.807, 2.05) is 24.3 Å². The number of aromatic nitrogens is 1. The number of oxazole rings is 1. The average molecular weight is 431 g/mol. The monoisotopic (exact) mass is 430 g/mol. The Morgan fingerprint density at radius 2 is 2.00 bits per heavy atom. The van der Waals surface area contributed by atoms with Crippen LogP contribution in [0.4, 0.5) is 0 Å². The number of benzene rings is 1. The van der Waals surface area contributed by atoms with Crippen molar-refractivity contribution < 1.29 is 19.1 Å². The molecule has 0 unspecified atom stereocenters. The minimum absolute atomic E-state index is 0.0695. The molecule has 31 heavy (non-hydrogen) atoms. The number of likely N-dealkylation sites (tertiary alicyclic amines) is 1. The molecular formula is C21H30N6O4. The molecule has 2 amide bonds. The molecule has 0 bridgehead atoms. The number of aliphatic hydroxyl groups excluding tert-OH is 1. The summed E-state index contributed by atoms with van der Waals surface area (Å²) in [6.45, 7) is 2.13. The Morgan fingerprint density at radius 3 is 2.58 bits per heavy atom. The van der Waals surface area contributed by atoms with Crippen molar-refractivity contribution in [3.8, 4) is 11.3 Å². The van der Waals surface area contributed by atoms with Gasteiger partial charge in [0.1, 0.15) is 12.1 Å². The predicted molar refractivity (Wildman–Crippen MR) is 114 cm³/mol. The highest BCUT2D eigenvalue weighted by Gasteiger charge is 2.44. The van der Waals surface area contributed by atoms with Gasteiger partial charge in [0.05, 0.1) is 18.0 Å². The second-order valence-corrected chi connectivity index (χ2v) is 7.86. The molecule has 1 saturated heterocycles. The summed E-state index contributed by atoms with van der Waals surface area (Å²) in [4.78, 5) is 31.1. The predicted octanol–water partition coefficient (Wildman–Crippen LogP) is -0.598. The van der Waals surface area contributed by atoms with E-state index in [1.165, 1.54) is 11.3 Å². The SMILES string of the molecule is CNC(C)(NC)[C@H](N)C(=O)N1C[C@H](O)C[C@H]1C(=O)NCc1ccc(-c2cnco2)cc1. The van der Waals surface area contributed by atoms with Crippen LogP contribution in [0.15, 0.2) is 41.3 Å². The third-order valence-electron chi connectivity index (χ3n) is 5.93. The number of hydrogen-bond donors (Lipinski definition) is 5. The molecule has 168 valence electrons. The maximum atomic E-state index is 13.0. The maximum Gasteiger partial charge on any atom is 0.243 e. The molecule has 1 fully saturated rings. The first kappa shape index (κ1) is 22.9. The van der Waals surface area contributed by atoms with E-state index < -0.39 is 29.8 Å². The topological polar surface area (TPSA) is 146 Å². The van der Waals surface area contributed by atoms with Crippen molar-refractivity contribution in [1.82, 2.24) is 25.8 Å². The van der Waals surface area contributed by atoms with Crippen LogP contribution in [0.25, 0.3) is 11.3 Å². The second-order valence-electron chi connectivity index (χ2n) is 7.86. The lowest BCUT2D eigenvalue weighted by Gasteiger charge is -2.37. The molecule has 3 rings (SSSR count). The fourth-order valence-electron chi connectivity index (χ4n) is 3.62. The van der Waals surface area contributed by atoms with Crippen molar-refractivity contribution in [2.75, 3.05) is 20.6 Å². The van der Waals surface area contributed by atoms with Crippen LogP contribution in [0.1, 0.15) is 18.9 Å². The molecule has 0 spiro atoms. The van der Waals surface area contributed by atoms with Crippen LogP contribution in [0.2, 0.25) is 0 Å². The first-order valence-electron chi connectivity index (χ1n) is 10.2. The zero-order valence-electron chi connectivity index (χ0n) is 18.0. The average Bonchev–Trinajstić information content (AvgIpc) is 3.46. The Hall–Kier alpha value is -2.79. The van der Waals surface area contributed by atoms with Gasteiger partial charge in [-0.25, -0.2) is 4.98 Å². The fraction of sp³-hybridized carbons (Fsp3) is 0.476. The first-order chi connectivity index (χ1) is 14.8. The van der Waals surface area contributed by atoms with Crippen LogP contribution in [0.5, 0.6) is 0 Å². The molecule has 3 atom stereocenters. The number of β-amino-alcohol motifs (C(OH)–C–C–N with tert-alkyl or cyclic N) is 1. The number of nitrogens with zero attached hydrogens (tertiary/aromatic N) is 2. The number of hydrogen-bond acceptors (Lipinski definition) is 8. The smallest absolute Gasteiger partial charge is 0.243 e. The summed E-state index contributed by atoms with van der Waals surface area (Å²) in [6, 6.07) is 5.81. The molecule has 1 aliphatic heterocycles. The molecule has 10 heteroatoms. The highest BCUT2D eigenvalue weighted by molar-refractivity contribution is 5.91. The summed E-state index contributed by atoms with van der Waals surface area (Å²) in [7, 11) is 3.39. The molecular weight excluding hydrogens is 400 g/mol. The lowest BCUT2D eigenvalue weighted by atomic mass is 10.0. The molecule has 2 heterocycles. The van der Waals surface area contributed by atoms with Gasteiger partial charge in [-0.05, 0) is 26.6 Å². The summed E-state index contributed by atoms with van der Waals surface area (Å²) in [6.07, 6.45) is 2.40. The quantitative estimate of drug-likeness (QED) is 0.349. The molecule has 10 nitrogen and oxygen atoms in total. The van der Waals surface area contributed by atoms with Gasteiger partial charge in [-0.2, -0.15) is 0 Å². The lowest BCUT2D eigenvalue weighted by Crippen LogP contribution is -2.68. The maximum absolute atomic E-state index is 13.0. The number of likely N-dealkylation sites (N-methyl/N-ethyl adjacent to an activating group) is 2. The van der Waals surface area contributed by atoms with E-state index in [0.29, 0.717) is 12.3 Å². The minimum Gasteiger partial charge on any atom is -0.444 e. The summed E-state index contributed by atoms with van der Waals surface area (Å²) in [5, 5.41) is 19.0. The third kappa shape index (κ3) is 4.93. The van der Waals surface area contributed by atoms with Crippen LogP contribution < -0.4 is 21.7 Å². The molecule has 6 N–H and O–H groups in total. The Kier molecular flexibility index (Phi) is 7.06. The van der Waals surface area contributed by atoms with Gasteiger partial charge in [-0.3, -0.25) is 9.59 Å². The van der Waals surface area contributed by atoms with Gasteiger partial charge in [-0.1, -0.05) is 24.3 Å². The second kappa shape index (κ2) is 9.56. The number of nitrogens with two attached hydrogens (primary N) is 1. The van der Waals surface area contributed by atoms with E-state index in [-0.39, 0.29) is 18.9 Å². The Morgan fingerprint density at radius 1 is 1.32 bits per heavy atom. The van der Waals surface area contributed by atoms with Crippen LogP contribution in [0.3, 0.4) is 0 Å². The Bertz CT molecular complexity index is 882. The molecule has 1 aromatic carbocycles. The molecule has 0 saturated carbocycles. The van der Waals surface area contributed by atoms with Gasteiger partial charge in [-0.15, -0.1) is 0 Å². The van der Waals surface area contributed by atoms with Crippen LogP contribution in [-0.4, -0.2) is 71.3 Å². The zero-order chi connectivity index (χ0) is 22.6. The number of nitrogens with one attached hydrogen (secondary N) is 3. The number of carbonyl (C=O) groups is 2. The van der Waals surface area contributed by atoms with Crippen molar-refractivity contribution in [2.45, 2.75) is 43.7 Å². The van der Waals surface area contributed by atoms with E-state index >= 15 is 0 Å². The van der Waals surface area contributed by atoms with Crippen molar-refractivity contribution in [3.05, 3.63) is 42.4 Å². The molecule has 1 aromatic heterocycles.